The number of aromatic amines is 1. The highest BCUT2D eigenvalue weighted by Gasteiger charge is 2.39. The molecule has 1 fully saturated rings. The lowest BCUT2D eigenvalue weighted by molar-refractivity contribution is -0.123. The van der Waals surface area contributed by atoms with Crippen LogP contribution in [0.3, 0.4) is 0 Å². The molecule has 8 nitrogen and oxygen atoms in total. The highest BCUT2D eigenvalue weighted by Crippen LogP contribution is 2.49. The minimum Gasteiger partial charge on any atom is -0.356 e. The molecule has 214 valence electrons. The summed E-state index contributed by atoms with van der Waals surface area (Å²) in [7, 11) is -1.78. The number of H-pyrrole nitrogens is 1. The molecule has 1 saturated carbocycles. The van der Waals surface area contributed by atoms with Crippen LogP contribution in [0.1, 0.15) is 49.3 Å². The van der Waals surface area contributed by atoms with Gasteiger partial charge in [0.05, 0.1) is 17.1 Å². The van der Waals surface area contributed by atoms with Crippen LogP contribution in [0.15, 0.2) is 53.6 Å². The first-order chi connectivity index (χ1) is 19.5. The van der Waals surface area contributed by atoms with Gasteiger partial charge < -0.3 is 19.8 Å². The molecule has 2 aromatic heterocycles. The average molecular weight is 581 g/mol. The molecule has 2 aliphatic rings. The van der Waals surface area contributed by atoms with Gasteiger partial charge in [-0.2, -0.15) is 0 Å². The summed E-state index contributed by atoms with van der Waals surface area (Å²) in [4.78, 5) is 32.0. The number of aromatic nitrogens is 2. The Morgan fingerprint density at radius 1 is 1.05 bits per heavy atom. The minimum atomic E-state index is -3.39. The number of pyridine rings is 1. The molecule has 11 heteroatoms. The summed E-state index contributed by atoms with van der Waals surface area (Å²) in [6.07, 6.45) is 9.11. The zero-order chi connectivity index (χ0) is 29.1. The molecule has 1 atom stereocenters. The number of rotatable bonds is 5. The van der Waals surface area contributed by atoms with Crippen LogP contribution >= 0.6 is 0 Å². The van der Waals surface area contributed by atoms with Gasteiger partial charge in [0.2, 0.25) is 5.91 Å². The average Bonchev–Trinajstić information content (AvgIpc) is 3.30. The molecule has 3 heterocycles. The van der Waals surface area contributed by atoms with Gasteiger partial charge in [-0.15, -0.1) is 0 Å². The van der Waals surface area contributed by atoms with Crippen LogP contribution in [0.25, 0.3) is 22.0 Å². The van der Waals surface area contributed by atoms with Crippen LogP contribution in [0.2, 0.25) is 0 Å². The fraction of sp³-hybridized carbons (Fsp3) is 0.333. The second kappa shape index (κ2) is 10.1. The van der Waals surface area contributed by atoms with Gasteiger partial charge in [-0.25, -0.2) is 17.2 Å². The number of carbonyl (C=O) groups is 1. The molecule has 6 rings (SSSR count). The predicted octanol–water partition coefficient (Wildman–Crippen LogP) is 5.00. The first-order valence-corrected chi connectivity index (χ1v) is 15.6. The second-order valence-electron chi connectivity index (χ2n) is 11.1. The normalized spacial score (nSPS) is 17.4. The van der Waals surface area contributed by atoms with Crippen molar-refractivity contribution in [2.75, 3.05) is 11.2 Å². The number of nitrogens with zero attached hydrogens (tertiary/aromatic N) is 2. The summed E-state index contributed by atoms with van der Waals surface area (Å²) >= 11 is 0. The molecular formula is C30H30F2N4O4S. The Bertz CT molecular complexity index is 1860. The van der Waals surface area contributed by atoms with Crippen molar-refractivity contribution in [2.24, 2.45) is 7.05 Å². The van der Waals surface area contributed by atoms with Gasteiger partial charge in [0.1, 0.15) is 23.2 Å². The van der Waals surface area contributed by atoms with Crippen LogP contribution in [0.5, 0.6) is 0 Å². The van der Waals surface area contributed by atoms with E-state index in [-0.39, 0.29) is 34.5 Å². The molecule has 0 radical (unpaired) electrons. The van der Waals surface area contributed by atoms with E-state index < -0.39 is 27.5 Å². The smallest absolute Gasteiger partial charge is 0.274 e. The van der Waals surface area contributed by atoms with Crippen molar-refractivity contribution in [1.29, 1.82) is 0 Å². The van der Waals surface area contributed by atoms with Crippen LogP contribution in [-0.4, -0.2) is 36.2 Å². The monoisotopic (exact) mass is 580 g/mol. The summed E-state index contributed by atoms with van der Waals surface area (Å²) < 4.78 is 55.4. The van der Waals surface area contributed by atoms with Gasteiger partial charge in [0.25, 0.3) is 5.56 Å². The zero-order valence-corrected chi connectivity index (χ0v) is 23.5. The third kappa shape index (κ3) is 4.92. The maximum atomic E-state index is 15.6. The number of carbonyl (C=O) groups excluding carboxylic acids is 1. The van der Waals surface area contributed by atoms with Gasteiger partial charge in [-0.1, -0.05) is 25.3 Å². The van der Waals surface area contributed by atoms with Crippen LogP contribution < -0.4 is 15.8 Å². The Balaban J connectivity index is 1.66. The topological polar surface area (TPSA) is 104 Å². The van der Waals surface area contributed by atoms with E-state index in [1.165, 1.54) is 15.5 Å². The van der Waals surface area contributed by atoms with Gasteiger partial charge in [-0.05, 0) is 42.7 Å². The zero-order valence-electron chi connectivity index (χ0n) is 22.7. The summed E-state index contributed by atoms with van der Waals surface area (Å²) in [6.45, 7) is 0. The number of nitrogens with one attached hydrogen (secondary N) is 2. The van der Waals surface area contributed by atoms with E-state index in [0.717, 1.165) is 50.5 Å². The molecule has 1 unspecified atom stereocenters. The molecule has 2 aromatic carbocycles. The lowest BCUT2D eigenvalue weighted by Crippen LogP contribution is -2.44. The summed E-state index contributed by atoms with van der Waals surface area (Å²) in [5, 5.41) is 3.66. The molecule has 0 bridgehead atoms. The molecule has 41 heavy (non-hydrogen) atoms. The predicted molar refractivity (Wildman–Crippen MR) is 154 cm³/mol. The van der Waals surface area contributed by atoms with Crippen molar-refractivity contribution in [1.82, 2.24) is 14.9 Å². The first kappa shape index (κ1) is 27.2. The molecule has 0 spiro atoms. The van der Waals surface area contributed by atoms with E-state index >= 15 is 4.39 Å². The highest BCUT2D eigenvalue weighted by atomic mass is 32.2. The van der Waals surface area contributed by atoms with Crippen molar-refractivity contribution in [3.05, 3.63) is 81.9 Å². The highest BCUT2D eigenvalue weighted by molar-refractivity contribution is 7.89. The number of aryl methyl sites for hydroxylation is 1. The van der Waals surface area contributed by atoms with E-state index in [2.05, 4.69) is 10.3 Å². The number of sulfone groups is 1. The number of fused-ring (bicyclic) bond motifs is 2. The summed E-state index contributed by atoms with van der Waals surface area (Å²) in [6, 6.07) is 7.02. The number of amides is 1. The Labute approximate surface area is 235 Å². The molecule has 0 saturated heterocycles. The Kier molecular flexibility index (Phi) is 6.72. The quantitative estimate of drug-likeness (QED) is 0.346. The van der Waals surface area contributed by atoms with E-state index in [1.807, 2.05) is 0 Å². The molecule has 2 N–H and O–H groups in total. The van der Waals surface area contributed by atoms with Crippen molar-refractivity contribution < 1.29 is 22.0 Å². The number of hydrogen-bond donors (Lipinski definition) is 2. The summed E-state index contributed by atoms with van der Waals surface area (Å²) in [5.74, 6) is -2.23. The Hall–Kier alpha value is -3.99. The van der Waals surface area contributed by atoms with Gasteiger partial charge in [0, 0.05) is 59.9 Å². The lowest BCUT2D eigenvalue weighted by Gasteiger charge is -2.34. The number of anilines is 2. The molecule has 1 aliphatic heterocycles. The lowest BCUT2D eigenvalue weighted by atomic mass is 9.94. The number of hydrogen-bond acceptors (Lipinski definition) is 5. The van der Waals surface area contributed by atoms with E-state index in [4.69, 9.17) is 0 Å². The van der Waals surface area contributed by atoms with Crippen molar-refractivity contribution >= 4 is 38.0 Å². The van der Waals surface area contributed by atoms with Crippen LogP contribution in [0, 0.1) is 11.6 Å². The van der Waals surface area contributed by atoms with E-state index in [1.54, 1.807) is 37.6 Å². The van der Waals surface area contributed by atoms with E-state index in [9.17, 15) is 22.4 Å². The number of benzene rings is 2. The Morgan fingerprint density at radius 3 is 2.49 bits per heavy atom. The molecule has 4 aromatic rings. The number of halogens is 2. The molecule has 1 aliphatic carbocycles. The molecular weight excluding hydrogens is 550 g/mol. The van der Waals surface area contributed by atoms with Gasteiger partial charge in [0.15, 0.2) is 9.84 Å². The van der Waals surface area contributed by atoms with E-state index in [0.29, 0.717) is 33.3 Å². The van der Waals surface area contributed by atoms with Crippen molar-refractivity contribution in [3.63, 3.8) is 0 Å². The fourth-order valence-electron chi connectivity index (χ4n) is 6.22. The third-order valence-electron chi connectivity index (χ3n) is 8.00. The SMILES string of the molecule is Cn1cc2c3c(c[nH]c3c1=O)C(C(=O)NC1CCCCC1)N(c1ccc(F)cc1F)c1ccc(CS(C)(=O)=O)cc1-2. The first-order valence-electron chi connectivity index (χ1n) is 13.6. The largest absolute Gasteiger partial charge is 0.356 e. The van der Waals surface area contributed by atoms with Crippen molar-refractivity contribution in [3.8, 4) is 11.1 Å². The van der Waals surface area contributed by atoms with Crippen LogP contribution in [0.4, 0.5) is 20.2 Å². The van der Waals surface area contributed by atoms with Crippen molar-refractivity contribution in [2.45, 2.75) is 49.9 Å². The van der Waals surface area contributed by atoms with Gasteiger partial charge in [-0.3, -0.25) is 9.59 Å². The fourth-order valence-corrected chi connectivity index (χ4v) is 7.01. The standard InChI is InChI=1S/C30H30F2N4O4S/c1-35-15-22-20-12-17(16-41(2,39)40)8-10-24(20)36(25-11-9-18(31)13-23(25)32)28(21-14-33-27(26(21)22)30(35)38)29(37)34-19-6-4-3-5-7-19/h8-15,19,28,33H,3-7,16H2,1-2H3,(H,34,37). The van der Waals surface area contributed by atoms with Gasteiger partial charge >= 0.3 is 0 Å². The Morgan fingerprint density at radius 2 is 1.78 bits per heavy atom. The second-order valence-corrected chi connectivity index (χ2v) is 13.2. The maximum absolute atomic E-state index is 15.6. The third-order valence-corrected chi connectivity index (χ3v) is 8.86. The van der Waals surface area contributed by atoms with Crippen LogP contribution in [-0.2, 0) is 27.4 Å². The maximum Gasteiger partial charge on any atom is 0.274 e. The summed E-state index contributed by atoms with van der Waals surface area (Å²) in [5.41, 5.74) is 2.43. The molecule has 1 amide bonds. The minimum absolute atomic E-state index is 0.0267.